The zero-order chi connectivity index (χ0) is 23.7. The summed E-state index contributed by atoms with van der Waals surface area (Å²) in [5.74, 6) is 1.01. The van der Waals surface area contributed by atoms with E-state index in [1.807, 2.05) is 18.2 Å². The van der Waals surface area contributed by atoms with Crippen molar-refractivity contribution in [2.24, 2.45) is 0 Å². The highest BCUT2D eigenvalue weighted by Crippen LogP contribution is 2.35. The summed E-state index contributed by atoms with van der Waals surface area (Å²) < 4.78 is 30.6. The molecule has 3 aromatic carbocycles. The fraction of sp³-hybridized carbons (Fsp3) is 0.120. The second kappa shape index (κ2) is 9.40. The molecule has 1 fully saturated rings. The monoisotopic (exact) mass is 497 g/mol. The van der Waals surface area contributed by atoms with Crippen LogP contribution in [0.2, 0.25) is 5.02 Å². The van der Waals surface area contributed by atoms with Crippen LogP contribution in [0.25, 0.3) is 6.08 Å². The number of amides is 2. The molecule has 2 amide bonds. The molecule has 3 aromatic rings. The van der Waals surface area contributed by atoms with E-state index in [4.69, 9.17) is 25.8 Å². The molecule has 2 aliphatic rings. The van der Waals surface area contributed by atoms with E-state index in [9.17, 15) is 14.0 Å². The van der Waals surface area contributed by atoms with Crippen LogP contribution < -0.4 is 14.2 Å². The van der Waals surface area contributed by atoms with Gasteiger partial charge in [-0.2, -0.15) is 0 Å². The molecule has 0 aliphatic carbocycles. The number of rotatable bonds is 6. The zero-order valence-electron chi connectivity index (χ0n) is 17.6. The van der Waals surface area contributed by atoms with Gasteiger partial charge in [0.05, 0.1) is 11.4 Å². The molecular formula is C25H17ClFNO5S. The summed E-state index contributed by atoms with van der Waals surface area (Å²) in [6, 6.07) is 17.0. The summed E-state index contributed by atoms with van der Waals surface area (Å²) in [7, 11) is 0. The van der Waals surface area contributed by atoms with Crippen molar-refractivity contribution in [1.29, 1.82) is 0 Å². The van der Waals surface area contributed by atoms with E-state index in [-0.39, 0.29) is 28.8 Å². The van der Waals surface area contributed by atoms with Crippen LogP contribution in [-0.4, -0.2) is 22.8 Å². The minimum atomic E-state index is -0.563. The number of nitrogens with zero attached hydrogens (tertiary/aromatic N) is 1. The molecule has 0 bridgehead atoms. The fourth-order valence-corrected chi connectivity index (χ4v) is 4.55. The van der Waals surface area contributed by atoms with Gasteiger partial charge in [0.15, 0.2) is 11.5 Å². The number of hydrogen-bond acceptors (Lipinski definition) is 6. The molecule has 34 heavy (non-hydrogen) atoms. The standard InChI is InChI=1S/C25H17ClFNO5S/c26-19-2-1-3-20(27)18(19)12-28-24(29)23(34-25(28)30)11-15-4-7-17(8-5-15)31-13-16-6-9-21-22(10-16)33-14-32-21/h1-11H,12-14H2/b23-11+. The van der Waals surface area contributed by atoms with E-state index in [0.29, 0.717) is 18.1 Å². The number of fused-ring (bicyclic) bond motifs is 1. The first-order valence-corrected chi connectivity index (χ1v) is 11.5. The van der Waals surface area contributed by atoms with Crippen LogP contribution in [0.5, 0.6) is 17.2 Å². The average molecular weight is 498 g/mol. The van der Waals surface area contributed by atoms with E-state index in [1.54, 1.807) is 30.3 Å². The maximum Gasteiger partial charge on any atom is 0.293 e. The number of hydrogen-bond donors (Lipinski definition) is 0. The van der Waals surface area contributed by atoms with Crippen LogP contribution in [0.1, 0.15) is 16.7 Å². The molecule has 0 radical (unpaired) electrons. The van der Waals surface area contributed by atoms with Gasteiger partial charge in [0.25, 0.3) is 11.1 Å². The van der Waals surface area contributed by atoms with Crippen molar-refractivity contribution in [2.75, 3.05) is 6.79 Å². The maximum atomic E-state index is 14.1. The Bertz CT molecular complexity index is 1290. The molecule has 0 saturated carbocycles. The largest absolute Gasteiger partial charge is 0.489 e. The van der Waals surface area contributed by atoms with E-state index >= 15 is 0 Å². The average Bonchev–Trinajstić information content (AvgIpc) is 3.40. The van der Waals surface area contributed by atoms with Crippen LogP contribution in [0.4, 0.5) is 9.18 Å². The Morgan fingerprint density at radius 2 is 1.85 bits per heavy atom. The van der Waals surface area contributed by atoms with Crippen molar-refractivity contribution in [3.8, 4) is 17.2 Å². The summed E-state index contributed by atoms with van der Waals surface area (Å²) in [5.41, 5.74) is 1.78. The molecule has 2 heterocycles. The van der Waals surface area contributed by atoms with Crippen molar-refractivity contribution in [1.82, 2.24) is 4.90 Å². The van der Waals surface area contributed by atoms with Crippen molar-refractivity contribution in [2.45, 2.75) is 13.2 Å². The van der Waals surface area contributed by atoms with Gasteiger partial charge in [0, 0.05) is 10.6 Å². The molecule has 2 aliphatic heterocycles. The highest BCUT2D eigenvalue weighted by molar-refractivity contribution is 8.18. The number of halogens is 2. The van der Waals surface area contributed by atoms with Gasteiger partial charge in [0.2, 0.25) is 6.79 Å². The number of carbonyl (C=O) groups is 2. The topological polar surface area (TPSA) is 65.1 Å². The molecule has 6 nitrogen and oxygen atoms in total. The van der Waals surface area contributed by atoms with E-state index in [1.165, 1.54) is 18.2 Å². The van der Waals surface area contributed by atoms with Gasteiger partial charge in [-0.1, -0.05) is 35.9 Å². The Hall–Kier alpha value is -3.49. The van der Waals surface area contributed by atoms with Gasteiger partial charge in [-0.05, 0) is 65.4 Å². The minimum Gasteiger partial charge on any atom is -0.489 e. The minimum absolute atomic E-state index is 0.108. The van der Waals surface area contributed by atoms with Crippen molar-refractivity contribution in [3.05, 3.63) is 93.1 Å². The third-order valence-corrected chi connectivity index (χ3v) is 6.53. The van der Waals surface area contributed by atoms with E-state index < -0.39 is 17.0 Å². The lowest BCUT2D eigenvalue weighted by molar-refractivity contribution is -0.123. The van der Waals surface area contributed by atoms with Crippen molar-refractivity contribution < 1.29 is 28.2 Å². The lowest BCUT2D eigenvalue weighted by atomic mass is 10.2. The van der Waals surface area contributed by atoms with E-state index in [2.05, 4.69) is 0 Å². The second-order valence-electron chi connectivity index (χ2n) is 7.51. The quantitative estimate of drug-likeness (QED) is 0.388. The summed E-state index contributed by atoms with van der Waals surface area (Å²) in [6.07, 6.45) is 1.62. The van der Waals surface area contributed by atoms with Crippen molar-refractivity contribution in [3.63, 3.8) is 0 Å². The first-order valence-electron chi connectivity index (χ1n) is 10.3. The number of ether oxygens (including phenoxy) is 3. The van der Waals surface area contributed by atoms with Crippen LogP contribution in [0.3, 0.4) is 0 Å². The Kier molecular flexibility index (Phi) is 6.17. The molecule has 0 unspecified atom stereocenters. The Morgan fingerprint density at radius 3 is 2.65 bits per heavy atom. The highest BCUT2D eigenvalue weighted by Gasteiger charge is 2.35. The molecule has 0 atom stereocenters. The second-order valence-corrected chi connectivity index (χ2v) is 8.91. The first-order chi connectivity index (χ1) is 16.5. The summed E-state index contributed by atoms with van der Waals surface area (Å²) in [6.45, 7) is 0.352. The van der Waals surface area contributed by atoms with Gasteiger partial charge < -0.3 is 14.2 Å². The smallest absolute Gasteiger partial charge is 0.293 e. The van der Waals surface area contributed by atoms with Gasteiger partial charge in [-0.25, -0.2) is 4.39 Å². The lowest BCUT2D eigenvalue weighted by Crippen LogP contribution is -2.28. The number of benzene rings is 3. The van der Waals surface area contributed by atoms with E-state index in [0.717, 1.165) is 33.5 Å². The Balaban J connectivity index is 1.24. The third kappa shape index (κ3) is 4.60. The van der Waals surface area contributed by atoms with Gasteiger partial charge in [-0.15, -0.1) is 0 Å². The van der Waals surface area contributed by atoms with Crippen LogP contribution in [-0.2, 0) is 17.9 Å². The number of thioether (sulfide) groups is 1. The molecular weight excluding hydrogens is 481 g/mol. The lowest BCUT2D eigenvalue weighted by Gasteiger charge is -2.14. The van der Waals surface area contributed by atoms with Crippen LogP contribution in [0, 0.1) is 5.82 Å². The molecule has 0 spiro atoms. The molecule has 0 N–H and O–H groups in total. The number of carbonyl (C=O) groups excluding carboxylic acids is 2. The molecule has 5 rings (SSSR count). The molecule has 0 aromatic heterocycles. The molecule has 9 heteroatoms. The van der Waals surface area contributed by atoms with Gasteiger partial charge in [0.1, 0.15) is 18.2 Å². The normalized spacial score (nSPS) is 15.9. The SMILES string of the molecule is O=C1S/C(=C/c2ccc(OCc3ccc4c(c3)OCO4)cc2)C(=O)N1Cc1c(F)cccc1Cl. The van der Waals surface area contributed by atoms with Crippen molar-refractivity contribution >= 4 is 40.6 Å². The number of imide groups is 1. The summed E-state index contributed by atoms with van der Waals surface area (Å²) in [4.78, 5) is 26.4. The third-order valence-electron chi connectivity index (χ3n) is 5.27. The first kappa shape index (κ1) is 22.3. The zero-order valence-corrected chi connectivity index (χ0v) is 19.2. The predicted octanol–water partition coefficient (Wildman–Crippen LogP) is 6.02. The summed E-state index contributed by atoms with van der Waals surface area (Å²) in [5, 5.41) is -0.307. The Morgan fingerprint density at radius 1 is 1.06 bits per heavy atom. The van der Waals surface area contributed by atoms with Crippen LogP contribution >= 0.6 is 23.4 Å². The fourth-order valence-electron chi connectivity index (χ4n) is 3.49. The summed E-state index contributed by atoms with van der Waals surface area (Å²) >= 11 is 6.85. The predicted molar refractivity (Wildman–Crippen MR) is 126 cm³/mol. The molecule has 172 valence electrons. The van der Waals surface area contributed by atoms with Gasteiger partial charge >= 0.3 is 0 Å². The maximum absolute atomic E-state index is 14.1. The molecule has 1 saturated heterocycles. The highest BCUT2D eigenvalue weighted by atomic mass is 35.5. The van der Waals surface area contributed by atoms with Crippen LogP contribution in [0.15, 0.2) is 65.6 Å². The van der Waals surface area contributed by atoms with Gasteiger partial charge in [-0.3, -0.25) is 14.5 Å². The Labute approximate surface area is 203 Å².